The van der Waals surface area contributed by atoms with E-state index in [1.165, 1.54) is 6.08 Å². The molecule has 0 spiro atoms. The van der Waals surface area contributed by atoms with Crippen molar-refractivity contribution in [3.05, 3.63) is 59.5 Å². The molecule has 2 N–H and O–H groups in total. The molecule has 26 heavy (non-hydrogen) atoms. The van der Waals surface area contributed by atoms with Gasteiger partial charge in [0.1, 0.15) is 5.76 Å². The molecular formula is C19H21ClN3O3+. The first-order chi connectivity index (χ1) is 12.6. The molecule has 6 nitrogen and oxygen atoms in total. The highest BCUT2D eigenvalue weighted by Gasteiger charge is 2.24. The maximum Gasteiger partial charge on any atom is 0.279 e. The lowest BCUT2D eigenvalue weighted by Gasteiger charge is -2.31. The van der Waals surface area contributed by atoms with Gasteiger partial charge in [0.05, 0.1) is 43.2 Å². The quantitative estimate of drug-likeness (QED) is 0.775. The van der Waals surface area contributed by atoms with Crippen LogP contribution < -0.4 is 10.2 Å². The number of carbonyl (C=O) groups is 2. The van der Waals surface area contributed by atoms with Crippen LogP contribution in [-0.2, 0) is 9.59 Å². The van der Waals surface area contributed by atoms with Crippen molar-refractivity contribution in [2.45, 2.75) is 0 Å². The lowest BCUT2D eigenvalue weighted by molar-refractivity contribution is -0.895. The molecule has 7 heteroatoms. The Labute approximate surface area is 157 Å². The molecule has 0 atom stereocenters. The minimum Gasteiger partial charge on any atom is -0.465 e. The first kappa shape index (κ1) is 18.2. The van der Waals surface area contributed by atoms with Gasteiger partial charge in [0, 0.05) is 6.08 Å². The van der Waals surface area contributed by atoms with Crippen molar-refractivity contribution in [2.24, 2.45) is 0 Å². The van der Waals surface area contributed by atoms with Crippen LogP contribution in [0.2, 0.25) is 5.02 Å². The van der Waals surface area contributed by atoms with Gasteiger partial charge in [-0.25, -0.2) is 0 Å². The van der Waals surface area contributed by atoms with Gasteiger partial charge >= 0.3 is 0 Å². The third-order valence-corrected chi connectivity index (χ3v) is 4.60. The van der Waals surface area contributed by atoms with E-state index in [-0.39, 0.29) is 11.8 Å². The van der Waals surface area contributed by atoms with Crippen LogP contribution in [0.4, 0.5) is 5.69 Å². The Bertz CT molecular complexity index is 781. The van der Waals surface area contributed by atoms with Crippen molar-refractivity contribution >= 4 is 35.2 Å². The third-order valence-electron chi connectivity index (χ3n) is 4.27. The molecule has 2 aromatic rings. The molecule has 0 saturated carbocycles. The van der Waals surface area contributed by atoms with Gasteiger partial charge in [0.15, 0.2) is 6.54 Å². The van der Waals surface area contributed by atoms with E-state index in [2.05, 4.69) is 5.32 Å². The lowest BCUT2D eigenvalue weighted by atomic mass is 10.2. The number of rotatable bonds is 5. The molecule has 3 rings (SSSR count). The zero-order valence-corrected chi connectivity index (χ0v) is 15.0. The maximum absolute atomic E-state index is 12.2. The van der Waals surface area contributed by atoms with E-state index in [0.29, 0.717) is 36.1 Å². The third kappa shape index (κ3) is 4.97. The highest BCUT2D eigenvalue weighted by molar-refractivity contribution is 6.33. The second-order valence-electron chi connectivity index (χ2n) is 6.13. The van der Waals surface area contributed by atoms with E-state index >= 15 is 0 Å². The second-order valence-corrected chi connectivity index (χ2v) is 6.54. The molecule has 2 heterocycles. The van der Waals surface area contributed by atoms with E-state index in [9.17, 15) is 9.59 Å². The topological polar surface area (TPSA) is 67.0 Å². The van der Waals surface area contributed by atoms with E-state index < -0.39 is 0 Å². The van der Waals surface area contributed by atoms with Crippen LogP contribution in [0.15, 0.2) is 53.2 Å². The van der Waals surface area contributed by atoms with Crippen LogP contribution in [0.5, 0.6) is 0 Å². The van der Waals surface area contributed by atoms with E-state index in [1.807, 2.05) is 12.1 Å². The number of quaternary nitrogens is 1. The molecule has 1 aliphatic heterocycles. The fourth-order valence-corrected chi connectivity index (χ4v) is 3.03. The first-order valence-electron chi connectivity index (χ1n) is 8.50. The van der Waals surface area contributed by atoms with Gasteiger partial charge in [-0.15, -0.1) is 0 Å². The number of piperazine rings is 1. The summed E-state index contributed by atoms with van der Waals surface area (Å²) in [5.41, 5.74) is 0.621. The molecule has 1 aromatic carbocycles. The fraction of sp³-hybridized carbons (Fsp3) is 0.263. The molecule has 2 amide bonds. The van der Waals surface area contributed by atoms with Crippen LogP contribution in [-0.4, -0.2) is 49.4 Å². The predicted molar refractivity (Wildman–Crippen MR) is 100.0 cm³/mol. The van der Waals surface area contributed by atoms with Crippen LogP contribution in [0.25, 0.3) is 6.08 Å². The van der Waals surface area contributed by atoms with E-state index in [1.54, 1.807) is 41.5 Å². The van der Waals surface area contributed by atoms with Crippen LogP contribution in [0.3, 0.4) is 0 Å². The number of halogens is 1. The number of hydrogen-bond donors (Lipinski definition) is 2. The number of hydrogen-bond acceptors (Lipinski definition) is 3. The Balaban J connectivity index is 1.44. The van der Waals surface area contributed by atoms with E-state index in [0.717, 1.165) is 18.0 Å². The van der Waals surface area contributed by atoms with Gasteiger partial charge in [0.2, 0.25) is 5.91 Å². The Morgan fingerprint density at radius 1 is 1.19 bits per heavy atom. The molecule has 136 valence electrons. The average Bonchev–Trinajstić information content (AvgIpc) is 3.16. The highest BCUT2D eigenvalue weighted by atomic mass is 35.5. The van der Waals surface area contributed by atoms with E-state index in [4.69, 9.17) is 16.0 Å². The zero-order valence-electron chi connectivity index (χ0n) is 14.3. The smallest absolute Gasteiger partial charge is 0.279 e. The number of furan rings is 1. The Kier molecular flexibility index (Phi) is 6.09. The number of benzene rings is 1. The minimum absolute atomic E-state index is 0.0408. The lowest BCUT2D eigenvalue weighted by Crippen LogP contribution is -3.15. The minimum atomic E-state index is -0.0782. The Hall–Kier alpha value is -2.57. The summed E-state index contributed by atoms with van der Waals surface area (Å²) in [5, 5.41) is 3.36. The van der Waals surface area contributed by atoms with Crippen molar-refractivity contribution in [1.29, 1.82) is 0 Å². The molecule has 0 bridgehead atoms. The molecule has 1 aliphatic rings. The largest absolute Gasteiger partial charge is 0.465 e. The molecular weight excluding hydrogens is 354 g/mol. The summed E-state index contributed by atoms with van der Waals surface area (Å²) in [6, 6.07) is 10.7. The summed E-state index contributed by atoms with van der Waals surface area (Å²) in [6.07, 6.45) is 4.76. The van der Waals surface area contributed by atoms with Gasteiger partial charge in [-0.3, -0.25) is 9.59 Å². The number of nitrogens with one attached hydrogen (secondary N) is 2. The maximum atomic E-state index is 12.2. The molecule has 0 unspecified atom stereocenters. The number of nitrogens with zero attached hydrogens (tertiary/aromatic N) is 1. The van der Waals surface area contributed by atoms with Gasteiger partial charge in [-0.05, 0) is 30.3 Å². The van der Waals surface area contributed by atoms with Crippen molar-refractivity contribution in [3.63, 3.8) is 0 Å². The SMILES string of the molecule is O=C(C[NH+]1CCN(C(=O)/C=C/c2ccco2)CC1)Nc1ccccc1Cl. The highest BCUT2D eigenvalue weighted by Crippen LogP contribution is 2.19. The van der Waals surface area contributed by atoms with Crippen LogP contribution >= 0.6 is 11.6 Å². The normalized spacial score (nSPS) is 15.3. The van der Waals surface area contributed by atoms with Gasteiger partial charge in [-0.1, -0.05) is 23.7 Å². The summed E-state index contributed by atoms with van der Waals surface area (Å²) < 4.78 is 5.17. The van der Waals surface area contributed by atoms with Crippen molar-refractivity contribution < 1.29 is 18.9 Å². The molecule has 1 aromatic heterocycles. The zero-order chi connectivity index (χ0) is 18.4. The van der Waals surface area contributed by atoms with Crippen molar-refractivity contribution in [3.8, 4) is 0 Å². The summed E-state index contributed by atoms with van der Waals surface area (Å²) in [6.45, 7) is 3.06. The standard InChI is InChI=1S/C19H20ClN3O3/c20-16-5-1-2-6-17(16)21-18(24)14-22-9-11-23(12-10-22)19(25)8-7-15-4-3-13-26-15/h1-8,13H,9-12,14H2,(H,21,24)/p+1/b8-7+. The fourth-order valence-electron chi connectivity index (χ4n) is 2.85. The Morgan fingerprint density at radius 2 is 1.96 bits per heavy atom. The van der Waals surface area contributed by atoms with Gasteiger partial charge in [0.25, 0.3) is 5.91 Å². The van der Waals surface area contributed by atoms with Crippen molar-refractivity contribution in [1.82, 2.24) is 4.90 Å². The first-order valence-corrected chi connectivity index (χ1v) is 8.88. The summed E-state index contributed by atoms with van der Waals surface area (Å²) in [5.74, 6) is 0.533. The monoisotopic (exact) mass is 374 g/mol. The number of amides is 2. The molecule has 1 fully saturated rings. The molecule has 0 aliphatic carbocycles. The second kappa shape index (κ2) is 8.69. The number of para-hydroxylation sites is 1. The molecule has 0 radical (unpaired) electrons. The van der Waals surface area contributed by atoms with Gasteiger partial charge in [-0.2, -0.15) is 0 Å². The average molecular weight is 375 g/mol. The molecule has 1 saturated heterocycles. The van der Waals surface area contributed by atoms with Crippen molar-refractivity contribution in [2.75, 3.05) is 38.0 Å². The summed E-state index contributed by atoms with van der Waals surface area (Å²) in [4.78, 5) is 27.3. The van der Waals surface area contributed by atoms with Gasteiger partial charge < -0.3 is 19.5 Å². The van der Waals surface area contributed by atoms with Crippen LogP contribution in [0, 0.1) is 0 Å². The summed E-state index contributed by atoms with van der Waals surface area (Å²) in [7, 11) is 0. The predicted octanol–water partition coefficient (Wildman–Crippen LogP) is 1.31. The Morgan fingerprint density at radius 3 is 2.65 bits per heavy atom. The number of carbonyl (C=O) groups excluding carboxylic acids is 2. The number of anilines is 1. The summed E-state index contributed by atoms with van der Waals surface area (Å²) >= 11 is 6.05. The van der Waals surface area contributed by atoms with Crippen LogP contribution in [0.1, 0.15) is 5.76 Å².